The second kappa shape index (κ2) is 6.72. The molecule has 1 heterocycles. The number of benzene rings is 1. The Hall–Kier alpha value is -1.59. The Labute approximate surface area is 123 Å². The fraction of sp³-hybridized carbons (Fsp3) is 0.400. The molecular formula is C15H20N2O2S. The van der Waals surface area contributed by atoms with Gasteiger partial charge in [-0.2, -0.15) is 0 Å². The highest BCUT2D eigenvalue weighted by Gasteiger charge is 2.10. The molecule has 0 radical (unpaired) electrons. The molecule has 4 nitrogen and oxygen atoms in total. The standard InChI is InChI=1S/C15H20N2O2S/c1-10-14(9-16-2)20-15(17-10)8-11-5-6-12(18-3)13(7-11)19-4/h5-7,16H,8-9H2,1-4H3. The van der Waals surface area contributed by atoms with Crippen molar-refractivity contribution in [3.8, 4) is 11.5 Å². The number of rotatable bonds is 6. The number of nitrogens with one attached hydrogen (secondary N) is 1. The first-order valence-corrected chi connectivity index (χ1v) is 7.30. The number of ether oxygens (including phenoxy) is 2. The van der Waals surface area contributed by atoms with Crippen molar-refractivity contribution in [2.45, 2.75) is 19.9 Å². The third-order valence-corrected chi connectivity index (χ3v) is 4.23. The van der Waals surface area contributed by atoms with Gasteiger partial charge in [0.15, 0.2) is 11.5 Å². The molecule has 0 unspecified atom stereocenters. The van der Waals surface area contributed by atoms with Crippen molar-refractivity contribution in [1.29, 1.82) is 0 Å². The zero-order valence-electron chi connectivity index (χ0n) is 12.3. The lowest BCUT2D eigenvalue weighted by Gasteiger charge is -2.08. The van der Waals surface area contributed by atoms with Gasteiger partial charge in [0, 0.05) is 17.8 Å². The summed E-state index contributed by atoms with van der Waals surface area (Å²) in [4.78, 5) is 5.92. The Kier molecular flexibility index (Phi) is 4.98. The van der Waals surface area contributed by atoms with Crippen LogP contribution in [0.3, 0.4) is 0 Å². The van der Waals surface area contributed by atoms with E-state index in [0.717, 1.165) is 35.2 Å². The van der Waals surface area contributed by atoms with E-state index in [2.05, 4.69) is 23.3 Å². The van der Waals surface area contributed by atoms with Crippen molar-refractivity contribution in [3.63, 3.8) is 0 Å². The summed E-state index contributed by atoms with van der Waals surface area (Å²) in [7, 11) is 5.25. The number of aromatic nitrogens is 1. The smallest absolute Gasteiger partial charge is 0.160 e. The maximum absolute atomic E-state index is 5.33. The van der Waals surface area contributed by atoms with Crippen LogP contribution in [0, 0.1) is 6.92 Å². The fourth-order valence-electron chi connectivity index (χ4n) is 2.05. The summed E-state index contributed by atoms with van der Waals surface area (Å²) < 4.78 is 10.6. The summed E-state index contributed by atoms with van der Waals surface area (Å²) in [5.74, 6) is 1.51. The SMILES string of the molecule is CNCc1sc(Cc2ccc(OC)c(OC)c2)nc1C. The number of thiazole rings is 1. The van der Waals surface area contributed by atoms with E-state index in [1.54, 1.807) is 25.6 Å². The molecule has 0 saturated heterocycles. The molecule has 0 fully saturated rings. The topological polar surface area (TPSA) is 43.4 Å². The minimum absolute atomic E-state index is 0.752. The minimum atomic E-state index is 0.752. The average Bonchev–Trinajstić information content (AvgIpc) is 2.79. The predicted octanol–water partition coefficient (Wildman–Crippen LogP) is 2.78. The molecule has 0 saturated carbocycles. The molecule has 0 bridgehead atoms. The largest absolute Gasteiger partial charge is 0.493 e. The molecule has 0 aliphatic carbocycles. The zero-order chi connectivity index (χ0) is 14.5. The highest BCUT2D eigenvalue weighted by Crippen LogP contribution is 2.29. The summed E-state index contributed by atoms with van der Waals surface area (Å²) in [6.45, 7) is 2.93. The normalized spacial score (nSPS) is 10.6. The molecule has 108 valence electrons. The van der Waals surface area contributed by atoms with Crippen LogP contribution in [0.1, 0.15) is 21.1 Å². The van der Waals surface area contributed by atoms with Gasteiger partial charge in [-0.05, 0) is 31.7 Å². The summed E-state index contributed by atoms with van der Waals surface area (Å²) in [6.07, 6.45) is 0.815. The zero-order valence-corrected chi connectivity index (χ0v) is 13.1. The van der Waals surface area contributed by atoms with Crippen LogP contribution < -0.4 is 14.8 Å². The molecule has 0 atom stereocenters. The minimum Gasteiger partial charge on any atom is -0.493 e. The molecule has 0 spiro atoms. The van der Waals surface area contributed by atoms with Gasteiger partial charge in [0.1, 0.15) is 0 Å². The Morgan fingerprint density at radius 2 is 1.95 bits per heavy atom. The molecule has 20 heavy (non-hydrogen) atoms. The molecule has 0 aliphatic rings. The number of hydrogen-bond donors (Lipinski definition) is 1. The van der Waals surface area contributed by atoms with Crippen LogP contribution in [-0.2, 0) is 13.0 Å². The molecule has 5 heteroatoms. The Bertz CT molecular complexity index is 581. The highest BCUT2D eigenvalue weighted by atomic mass is 32.1. The van der Waals surface area contributed by atoms with Crippen LogP contribution in [0.2, 0.25) is 0 Å². The molecule has 1 N–H and O–H groups in total. The number of methoxy groups -OCH3 is 2. The van der Waals surface area contributed by atoms with E-state index < -0.39 is 0 Å². The number of nitrogens with zero attached hydrogens (tertiary/aromatic N) is 1. The van der Waals surface area contributed by atoms with Crippen LogP contribution in [0.15, 0.2) is 18.2 Å². The summed E-state index contributed by atoms with van der Waals surface area (Å²) >= 11 is 1.76. The average molecular weight is 292 g/mol. The van der Waals surface area contributed by atoms with Crippen LogP contribution in [0.5, 0.6) is 11.5 Å². The second-order valence-corrected chi connectivity index (χ2v) is 5.68. The van der Waals surface area contributed by atoms with E-state index >= 15 is 0 Å². The van der Waals surface area contributed by atoms with Gasteiger partial charge in [0.05, 0.1) is 24.9 Å². The summed E-state index contributed by atoms with van der Waals surface area (Å²) in [5.41, 5.74) is 2.28. The van der Waals surface area contributed by atoms with Gasteiger partial charge in [0.25, 0.3) is 0 Å². The van der Waals surface area contributed by atoms with Crippen molar-refractivity contribution in [3.05, 3.63) is 39.3 Å². The maximum Gasteiger partial charge on any atom is 0.160 e. The molecule has 1 aromatic heterocycles. The van der Waals surface area contributed by atoms with Crippen molar-refractivity contribution in [1.82, 2.24) is 10.3 Å². The van der Waals surface area contributed by atoms with Crippen molar-refractivity contribution >= 4 is 11.3 Å². The molecule has 2 rings (SSSR count). The molecule has 0 amide bonds. The van der Waals surface area contributed by atoms with Gasteiger partial charge in [-0.15, -0.1) is 11.3 Å². The molecular weight excluding hydrogens is 272 g/mol. The Morgan fingerprint density at radius 3 is 2.60 bits per heavy atom. The van der Waals surface area contributed by atoms with E-state index in [0.29, 0.717) is 0 Å². The van der Waals surface area contributed by atoms with Gasteiger partial charge in [-0.3, -0.25) is 0 Å². The van der Waals surface area contributed by atoms with E-state index in [1.165, 1.54) is 10.4 Å². The van der Waals surface area contributed by atoms with E-state index in [9.17, 15) is 0 Å². The predicted molar refractivity (Wildman–Crippen MR) is 82.0 cm³/mol. The van der Waals surface area contributed by atoms with Gasteiger partial charge in [-0.25, -0.2) is 4.98 Å². The van der Waals surface area contributed by atoms with Crippen LogP contribution >= 0.6 is 11.3 Å². The van der Waals surface area contributed by atoms with E-state index in [1.807, 2.05) is 19.2 Å². The summed E-state index contributed by atoms with van der Waals surface area (Å²) in [5, 5.41) is 4.29. The van der Waals surface area contributed by atoms with Gasteiger partial charge >= 0.3 is 0 Å². The first-order chi connectivity index (χ1) is 9.67. The first kappa shape index (κ1) is 14.8. The van der Waals surface area contributed by atoms with Gasteiger partial charge in [0.2, 0.25) is 0 Å². The first-order valence-electron chi connectivity index (χ1n) is 6.48. The lowest BCUT2D eigenvalue weighted by atomic mass is 10.1. The quantitative estimate of drug-likeness (QED) is 0.889. The molecule has 2 aromatic rings. The Morgan fingerprint density at radius 1 is 1.20 bits per heavy atom. The second-order valence-electron chi connectivity index (χ2n) is 4.51. The third kappa shape index (κ3) is 3.29. The molecule has 1 aromatic carbocycles. The van der Waals surface area contributed by atoms with Crippen LogP contribution in [0.4, 0.5) is 0 Å². The number of aryl methyl sites for hydroxylation is 1. The summed E-state index contributed by atoms with van der Waals surface area (Å²) in [6, 6.07) is 5.99. The van der Waals surface area contributed by atoms with Crippen molar-refractivity contribution in [2.75, 3.05) is 21.3 Å². The van der Waals surface area contributed by atoms with E-state index in [-0.39, 0.29) is 0 Å². The molecule has 0 aliphatic heterocycles. The van der Waals surface area contributed by atoms with Gasteiger partial charge < -0.3 is 14.8 Å². The monoisotopic (exact) mass is 292 g/mol. The highest BCUT2D eigenvalue weighted by molar-refractivity contribution is 7.11. The van der Waals surface area contributed by atoms with Crippen molar-refractivity contribution in [2.24, 2.45) is 0 Å². The van der Waals surface area contributed by atoms with Gasteiger partial charge in [-0.1, -0.05) is 6.07 Å². The maximum atomic E-state index is 5.33. The van der Waals surface area contributed by atoms with Crippen LogP contribution in [0.25, 0.3) is 0 Å². The lowest BCUT2D eigenvalue weighted by Crippen LogP contribution is -2.04. The van der Waals surface area contributed by atoms with Crippen molar-refractivity contribution < 1.29 is 9.47 Å². The lowest BCUT2D eigenvalue weighted by molar-refractivity contribution is 0.354. The van der Waals surface area contributed by atoms with E-state index in [4.69, 9.17) is 9.47 Å². The Balaban J connectivity index is 2.19. The van der Waals surface area contributed by atoms with Crippen LogP contribution in [-0.4, -0.2) is 26.3 Å². The third-order valence-electron chi connectivity index (χ3n) is 3.08. The fourth-order valence-corrected chi connectivity index (χ4v) is 3.17. The number of hydrogen-bond acceptors (Lipinski definition) is 5.